The van der Waals surface area contributed by atoms with E-state index in [9.17, 15) is 4.79 Å². The summed E-state index contributed by atoms with van der Waals surface area (Å²) in [6, 6.07) is 0. The maximum atomic E-state index is 12.1. The van der Waals surface area contributed by atoms with Crippen LogP contribution in [0.3, 0.4) is 0 Å². The number of amides is 1. The van der Waals surface area contributed by atoms with Gasteiger partial charge in [0.25, 0.3) is 0 Å². The molecular formula is C14H26ClNO. The van der Waals surface area contributed by atoms with E-state index in [1.54, 1.807) is 0 Å². The molecule has 1 aliphatic rings. The quantitative estimate of drug-likeness (QED) is 0.749. The third kappa shape index (κ3) is 4.17. The van der Waals surface area contributed by atoms with Crippen LogP contribution in [-0.2, 0) is 4.79 Å². The van der Waals surface area contributed by atoms with E-state index in [2.05, 4.69) is 19.2 Å². The predicted octanol–water partition coefficient (Wildman–Crippen LogP) is 3.73. The summed E-state index contributed by atoms with van der Waals surface area (Å²) in [5.74, 6) is 1.50. The highest BCUT2D eigenvalue weighted by atomic mass is 35.5. The van der Waals surface area contributed by atoms with Gasteiger partial charge in [0.2, 0.25) is 5.91 Å². The molecule has 1 rings (SSSR count). The number of carbonyl (C=O) groups excluding carboxylic acids is 1. The van der Waals surface area contributed by atoms with Crippen LogP contribution in [0.25, 0.3) is 0 Å². The summed E-state index contributed by atoms with van der Waals surface area (Å²) in [6.45, 7) is 6.37. The van der Waals surface area contributed by atoms with Crippen LogP contribution in [0.1, 0.15) is 59.3 Å². The molecule has 17 heavy (non-hydrogen) atoms. The highest BCUT2D eigenvalue weighted by Crippen LogP contribution is 2.33. The molecule has 0 heterocycles. The largest absolute Gasteiger partial charge is 0.349 e. The minimum absolute atomic E-state index is 0.109. The van der Waals surface area contributed by atoms with Crippen LogP contribution in [0.4, 0.5) is 0 Å². The van der Waals surface area contributed by atoms with Crippen molar-refractivity contribution in [2.45, 2.75) is 64.8 Å². The van der Waals surface area contributed by atoms with Crippen LogP contribution in [-0.4, -0.2) is 17.3 Å². The lowest BCUT2D eigenvalue weighted by Gasteiger charge is -2.40. The summed E-state index contributed by atoms with van der Waals surface area (Å²) < 4.78 is 0. The molecule has 1 amide bonds. The Labute approximate surface area is 110 Å². The molecule has 0 bridgehead atoms. The van der Waals surface area contributed by atoms with Crippen molar-refractivity contribution < 1.29 is 4.79 Å². The van der Waals surface area contributed by atoms with Crippen molar-refractivity contribution in [2.24, 2.45) is 11.8 Å². The number of nitrogens with one attached hydrogen (secondary N) is 1. The van der Waals surface area contributed by atoms with Crippen molar-refractivity contribution in [2.75, 3.05) is 5.88 Å². The first kappa shape index (κ1) is 14.8. The van der Waals surface area contributed by atoms with Crippen molar-refractivity contribution in [1.82, 2.24) is 5.32 Å². The van der Waals surface area contributed by atoms with Gasteiger partial charge in [0.1, 0.15) is 0 Å². The lowest BCUT2D eigenvalue weighted by atomic mass is 9.77. The molecule has 0 aromatic carbocycles. The average Bonchev–Trinajstić information content (AvgIpc) is 2.29. The number of rotatable bonds is 5. The number of carbonyl (C=O) groups is 1. The fraction of sp³-hybridized carbons (Fsp3) is 0.929. The van der Waals surface area contributed by atoms with Gasteiger partial charge in [-0.3, -0.25) is 4.79 Å². The molecule has 3 unspecified atom stereocenters. The van der Waals surface area contributed by atoms with Gasteiger partial charge in [-0.05, 0) is 25.2 Å². The van der Waals surface area contributed by atoms with E-state index >= 15 is 0 Å². The predicted molar refractivity (Wildman–Crippen MR) is 73.3 cm³/mol. The van der Waals surface area contributed by atoms with E-state index in [0.717, 1.165) is 25.7 Å². The zero-order valence-corrected chi connectivity index (χ0v) is 12.1. The number of alkyl halides is 1. The van der Waals surface area contributed by atoms with Gasteiger partial charge in [-0.1, -0.05) is 40.0 Å². The Hall–Kier alpha value is -0.240. The lowest BCUT2D eigenvalue weighted by Crippen LogP contribution is -2.54. The second-order valence-corrected chi connectivity index (χ2v) is 6.06. The lowest BCUT2D eigenvalue weighted by molar-refractivity contribution is -0.127. The molecule has 3 heteroatoms. The van der Waals surface area contributed by atoms with Crippen LogP contribution in [0.15, 0.2) is 0 Å². The van der Waals surface area contributed by atoms with Crippen molar-refractivity contribution in [3.05, 3.63) is 0 Å². The molecule has 2 nitrogen and oxygen atoms in total. The third-order valence-corrected chi connectivity index (χ3v) is 4.42. The highest BCUT2D eigenvalue weighted by Gasteiger charge is 2.36. The highest BCUT2D eigenvalue weighted by molar-refractivity contribution is 6.18. The zero-order chi connectivity index (χ0) is 12.9. The van der Waals surface area contributed by atoms with E-state index in [1.807, 2.05) is 6.92 Å². The van der Waals surface area contributed by atoms with Gasteiger partial charge in [-0.2, -0.15) is 0 Å². The molecule has 0 saturated heterocycles. The molecular weight excluding hydrogens is 234 g/mol. The van der Waals surface area contributed by atoms with E-state index in [0.29, 0.717) is 11.8 Å². The summed E-state index contributed by atoms with van der Waals surface area (Å²) in [5.41, 5.74) is -0.141. The van der Waals surface area contributed by atoms with E-state index in [-0.39, 0.29) is 17.4 Å². The molecule has 0 spiro atoms. The van der Waals surface area contributed by atoms with Gasteiger partial charge in [-0.25, -0.2) is 0 Å². The standard InChI is InChI=1S/C14H26ClNO/c1-4-6-12(3)13(17)16-14(10-15)8-5-7-11(2)9-14/h11-12H,4-10H2,1-3H3,(H,16,17). The minimum atomic E-state index is -0.141. The van der Waals surface area contributed by atoms with Crippen LogP contribution in [0.2, 0.25) is 0 Å². The van der Waals surface area contributed by atoms with Crippen molar-refractivity contribution in [3.63, 3.8) is 0 Å². The summed E-state index contributed by atoms with van der Waals surface area (Å²) in [5, 5.41) is 3.23. The second kappa shape index (κ2) is 6.63. The topological polar surface area (TPSA) is 29.1 Å². The van der Waals surface area contributed by atoms with E-state index < -0.39 is 0 Å². The Bertz CT molecular complexity index is 257. The third-order valence-electron chi connectivity index (χ3n) is 3.90. The van der Waals surface area contributed by atoms with Crippen molar-refractivity contribution in [3.8, 4) is 0 Å². The molecule has 0 aromatic rings. The van der Waals surface area contributed by atoms with Crippen LogP contribution < -0.4 is 5.32 Å². The van der Waals surface area contributed by atoms with Crippen LogP contribution in [0, 0.1) is 11.8 Å². The summed E-state index contributed by atoms with van der Waals surface area (Å²) in [6.07, 6.45) is 6.51. The summed E-state index contributed by atoms with van der Waals surface area (Å²) >= 11 is 6.11. The molecule has 0 aliphatic heterocycles. The molecule has 1 saturated carbocycles. The maximum Gasteiger partial charge on any atom is 0.223 e. The van der Waals surface area contributed by atoms with Crippen molar-refractivity contribution >= 4 is 17.5 Å². The fourth-order valence-electron chi connectivity index (χ4n) is 2.88. The monoisotopic (exact) mass is 259 g/mol. The van der Waals surface area contributed by atoms with Gasteiger partial charge in [-0.15, -0.1) is 11.6 Å². The van der Waals surface area contributed by atoms with Gasteiger partial charge in [0, 0.05) is 11.8 Å². The summed E-state index contributed by atoms with van der Waals surface area (Å²) in [4.78, 5) is 12.1. The first-order valence-electron chi connectivity index (χ1n) is 6.91. The molecule has 1 fully saturated rings. The van der Waals surface area contributed by atoms with Gasteiger partial charge in [0.15, 0.2) is 0 Å². The zero-order valence-electron chi connectivity index (χ0n) is 11.4. The van der Waals surface area contributed by atoms with Gasteiger partial charge in [0.05, 0.1) is 5.54 Å². The average molecular weight is 260 g/mol. The molecule has 1 N–H and O–H groups in total. The normalized spacial score (nSPS) is 30.9. The SMILES string of the molecule is CCCC(C)C(=O)NC1(CCl)CCCC(C)C1. The van der Waals surface area contributed by atoms with Crippen LogP contribution >= 0.6 is 11.6 Å². The van der Waals surface area contributed by atoms with Crippen molar-refractivity contribution in [1.29, 1.82) is 0 Å². The maximum absolute atomic E-state index is 12.1. The first-order valence-corrected chi connectivity index (χ1v) is 7.44. The molecule has 0 radical (unpaired) electrons. The molecule has 100 valence electrons. The van der Waals surface area contributed by atoms with Crippen LogP contribution in [0.5, 0.6) is 0 Å². The number of hydrogen-bond acceptors (Lipinski definition) is 1. The molecule has 0 aromatic heterocycles. The Morgan fingerprint density at radius 1 is 1.59 bits per heavy atom. The molecule has 1 aliphatic carbocycles. The smallest absolute Gasteiger partial charge is 0.223 e. The fourth-order valence-corrected chi connectivity index (χ4v) is 3.19. The minimum Gasteiger partial charge on any atom is -0.349 e. The molecule has 3 atom stereocenters. The Balaban J connectivity index is 2.58. The first-order chi connectivity index (χ1) is 8.03. The summed E-state index contributed by atoms with van der Waals surface area (Å²) in [7, 11) is 0. The number of hydrogen-bond donors (Lipinski definition) is 1. The Kier molecular flexibility index (Phi) is 5.78. The van der Waals surface area contributed by atoms with Gasteiger partial charge >= 0.3 is 0 Å². The van der Waals surface area contributed by atoms with E-state index in [1.165, 1.54) is 12.8 Å². The second-order valence-electron chi connectivity index (χ2n) is 5.79. The Morgan fingerprint density at radius 3 is 2.82 bits per heavy atom. The van der Waals surface area contributed by atoms with Gasteiger partial charge < -0.3 is 5.32 Å². The number of halogens is 1. The Morgan fingerprint density at radius 2 is 2.29 bits per heavy atom. The van der Waals surface area contributed by atoms with E-state index in [4.69, 9.17) is 11.6 Å².